The molecule has 7 nitrogen and oxygen atoms in total. The fourth-order valence-corrected chi connectivity index (χ4v) is 4.94. The Morgan fingerprint density at radius 3 is 2.54 bits per heavy atom. The summed E-state index contributed by atoms with van der Waals surface area (Å²) in [5.74, 6) is -0.174. The molecule has 0 bridgehead atoms. The zero-order chi connectivity index (χ0) is 19.7. The van der Waals surface area contributed by atoms with E-state index in [0.717, 1.165) is 16.5 Å². The Morgan fingerprint density at radius 1 is 1.00 bits per heavy atom. The van der Waals surface area contributed by atoms with E-state index >= 15 is 0 Å². The SMILES string of the molecule is Cc1ccc(S(=O)(=O)N2CCCN(C(=O)c3n[nH]c4ccccc34)CC2)cc1. The van der Waals surface area contributed by atoms with Gasteiger partial charge in [0.1, 0.15) is 0 Å². The maximum atomic E-state index is 13.0. The summed E-state index contributed by atoms with van der Waals surface area (Å²) in [6.07, 6.45) is 0.583. The first-order chi connectivity index (χ1) is 13.5. The van der Waals surface area contributed by atoms with Crippen LogP contribution in [0.2, 0.25) is 0 Å². The van der Waals surface area contributed by atoms with Gasteiger partial charge < -0.3 is 4.90 Å². The van der Waals surface area contributed by atoms with E-state index < -0.39 is 10.0 Å². The molecule has 28 heavy (non-hydrogen) atoms. The molecule has 0 unspecified atom stereocenters. The van der Waals surface area contributed by atoms with Gasteiger partial charge in [0.15, 0.2) is 5.69 Å². The van der Waals surface area contributed by atoms with E-state index in [1.54, 1.807) is 29.2 Å². The topological polar surface area (TPSA) is 86.4 Å². The molecule has 3 aromatic rings. The number of aromatic amines is 1. The number of H-pyrrole nitrogens is 1. The van der Waals surface area contributed by atoms with Crippen LogP contribution in [-0.4, -0.2) is 59.9 Å². The zero-order valence-corrected chi connectivity index (χ0v) is 16.4. The molecule has 1 N–H and O–H groups in total. The maximum absolute atomic E-state index is 13.0. The van der Waals surface area contributed by atoms with Crippen molar-refractivity contribution >= 4 is 26.8 Å². The van der Waals surface area contributed by atoms with Crippen molar-refractivity contribution in [3.63, 3.8) is 0 Å². The largest absolute Gasteiger partial charge is 0.336 e. The molecule has 146 valence electrons. The molecular weight excluding hydrogens is 376 g/mol. The average Bonchev–Trinajstić information content (AvgIpc) is 2.96. The Bertz CT molecular complexity index is 1110. The first kappa shape index (κ1) is 18.6. The molecule has 1 aromatic heterocycles. The van der Waals surface area contributed by atoms with Crippen LogP contribution in [-0.2, 0) is 10.0 Å². The molecule has 4 rings (SSSR count). The molecule has 1 amide bonds. The summed E-state index contributed by atoms with van der Waals surface area (Å²) in [6.45, 7) is 3.42. The normalized spacial score (nSPS) is 16.2. The Hall–Kier alpha value is -2.71. The van der Waals surface area contributed by atoms with Crippen molar-refractivity contribution in [2.24, 2.45) is 0 Å². The van der Waals surface area contributed by atoms with Crippen molar-refractivity contribution in [3.8, 4) is 0 Å². The molecule has 1 aliphatic heterocycles. The van der Waals surface area contributed by atoms with Crippen molar-refractivity contribution in [1.82, 2.24) is 19.4 Å². The van der Waals surface area contributed by atoms with Gasteiger partial charge in [0.2, 0.25) is 10.0 Å². The maximum Gasteiger partial charge on any atom is 0.275 e. The van der Waals surface area contributed by atoms with Gasteiger partial charge in [0.25, 0.3) is 5.91 Å². The van der Waals surface area contributed by atoms with Gasteiger partial charge in [0.05, 0.1) is 10.4 Å². The van der Waals surface area contributed by atoms with Gasteiger partial charge in [-0.2, -0.15) is 9.40 Å². The van der Waals surface area contributed by atoms with Crippen LogP contribution >= 0.6 is 0 Å². The number of carbonyl (C=O) groups excluding carboxylic acids is 1. The average molecular weight is 398 g/mol. The predicted molar refractivity (Wildman–Crippen MR) is 107 cm³/mol. The highest BCUT2D eigenvalue weighted by Gasteiger charge is 2.29. The van der Waals surface area contributed by atoms with Crippen LogP contribution in [0.1, 0.15) is 22.5 Å². The van der Waals surface area contributed by atoms with E-state index in [4.69, 9.17) is 0 Å². The van der Waals surface area contributed by atoms with Crippen LogP contribution in [0.3, 0.4) is 0 Å². The number of aryl methyl sites for hydroxylation is 1. The van der Waals surface area contributed by atoms with E-state index in [1.165, 1.54) is 4.31 Å². The van der Waals surface area contributed by atoms with Gasteiger partial charge in [-0.05, 0) is 31.5 Å². The number of benzene rings is 2. The standard InChI is InChI=1S/C20H22N4O3S/c1-15-7-9-16(10-8-15)28(26,27)24-12-4-11-23(13-14-24)20(25)19-17-5-2-3-6-18(17)21-22-19/h2-3,5-10H,4,11-14H2,1H3,(H,21,22). The molecule has 2 heterocycles. The Kier molecular flexibility index (Phi) is 4.91. The molecule has 1 saturated heterocycles. The molecule has 1 aliphatic rings. The molecule has 0 spiro atoms. The number of rotatable bonds is 3. The lowest BCUT2D eigenvalue weighted by Crippen LogP contribution is -2.37. The number of hydrogen-bond acceptors (Lipinski definition) is 4. The number of nitrogens with one attached hydrogen (secondary N) is 1. The lowest BCUT2D eigenvalue weighted by Gasteiger charge is -2.21. The van der Waals surface area contributed by atoms with Gasteiger partial charge in [-0.15, -0.1) is 0 Å². The van der Waals surface area contributed by atoms with E-state index in [-0.39, 0.29) is 17.3 Å². The number of nitrogens with zero attached hydrogens (tertiary/aromatic N) is 3. The predicted octanol–water partition coefficient (Wildman–Crippen LogP) is 2.41. The van der Waals surface area contributed by atoms with Gasteiger partial charge in [-0.3, -0.25) is 9.89 Å². The highest BCUT2D eigenvalue weighted by atomic mass is 32.2. The summed E-state index contributed by atoms with van der Waals surface area (Å²) in [5.41, 5.74) is 2.20. The third kappa shape index (κ3) is 3.41. The lowest BCUT2D eigenvalue weighted by molar-refractivity contribution is 0.0760. The van der Waals surface area contributed by atoms with E-state index in [2.05, 4.69) is 10.2 Å². The van der Waals surface area contributed by atoms with Gasteiger partial charge in [-0.25, -0.2) is 8.42 Å². The van der Waals surface area contributed by atoms with Crippen LogP contribution in [0, 0.1) is 6.92 Å². The van der Waals surface area contributed by atoms with Crippen LogP contribution in [0.4, 0.5) is 0 Å². The zero-order valence-electron chi connectivity index (χ0n) is 15.6. The first-order valence-corrected chi connectivity index (χ1v) is 10.7. The van der Waals surface area contributed by atoms with Crippen LogP contribution in [0.25, 0.3) is 10.9 Å². The van der Waals surface area contributed by atoms with Crippen molar-refractivity contribution in [3.05, 3.63) is 59.8 Å². The highest BCUT2D eigenvalue weighted by molar-refractivity contribution is 7.89. The molecule has 8 heteroatoms. The Morgan fingerprint density at radius 2 is 1.75 bits per heavy atom. The summed E-state index contributed by atoms with van der Waals surface area (Å²) < 4.78 is 27.3. The lowest BCUT2D eigenvalue weighted by atomic mass is 10.2. The number of hydrogen-bond donors (Lipinski definition) is 1. The van der Waals surface area contributed by atoms with Gasteiger partial charge >= 0.3 is 0 Å². The third-order valence-electron chi connectivity index (χ3n) is 5.07. The second-order valence-corrected chi connectivity index (χ2v) is 8.92. The van der Waals surface area contributed by atoms with E-state index in [0.29, 0.717) is 31.7 Å². The van der Waals surface area contributed by atoms with Crippen molar-refractivity contribution in [2.45, 2.75) is 18.2 Å². The van der Waals surface area contributed by atoms with Gasteiger partial charge in [-0.1, -0.05) is 35.9 Å². The molecular formula is C20H22N4O3S. The summed E-state index contributed by atoms with van der Waals surface area (Å²) in [4.78, 5) is 14.9. The molecule has 0 atom stereocenters. The highest BCUT2D eigenvalue weighted by Crippen LogP contribution is 2.21. The number of fused-ring (bicyclic) bond motifs is 1. The molecule has 1 fully saturated rings. The number of amides is 1. The molecule has 0 aliphatic carbocycles. The minimum atomic E-state index is -3.57. The number of para-hydroxylation sites is 1. The second-order valence-electron chi connectivity index (χ2n) is 6.98. The number of carbonyl (C=O) groups is 1. The smallest absolute Gasteiger partial charge is 0.275 e. The van der Waals surface area contributed by atoms with Crippen LogP contribution in [0.5, 0.6) is 0 Å². The van der Waals surface area contributed by atoms with Crippen molar-refractivity contribution in [2.75, 3.05) is 26.2 Å². The quantitative estimate of drug-likeness (QED) is 0.734. The second kappa shape index (κ2) is 7.37. The van der Waals surface area contributed by atoms with Gasteiger partial charge in [0, 0.05) is 31.6 Å². The summed E-state index contributed by atoms with van der Waals surface area (Å²) in [5, 5.41) is 7.83. The Labute approximate surface area is 164 Å². The molecule has 0 radical (unpaired) electrons. The fourth-order valence-electron chi connectivity index (χ4n) is 3.47. The van der Waals surface area contributed by atoms with Crippen LogP contribution < -0.4 is 0 Å². The third-order valence-corrected chi connectivity index (χ3v) is 6.99. The number of sulfonamides is 1. The number of aromatic nitrogens is 2. The monoisotopic (exact) mass is 398 g/mol. The minimum Gasteiger partial charge on any atom is -0.336 e. The fraction of sp³-hybridized carbons (Fsp3) is 0.300. The molecule has 2 aromatic carbocycles. The molecule has 0 saturated carbocycles. The Balaban J connectivity index is 1.52. The summed E-state index contributed by atoms with van der Waals surface area (Å²) >= 11 is 0. The minimum absolute atomic E-state index is 0.174. The summed E-state index contributed by atoms with van der Waals surface area (Å²) in [6, 6.07) is 14.3. The van der Waals surface area contributed by atoms with E-state index in [1.807, 2.05) is 31.2 Å². The van der Waals surface area contributed by atoms with Crippen LogP contribution in [0.15, 0.2) is 53.4 Å². The van der Waals surface area contributed by atoms with Crippen molar-refractivity contribution < 1.29 is 13.2 Å². The first-order valence-electron chi connectivity index (χ1n) is 9.26. The van der Waals surface area contributed by atoms with E-state index in [9.17, 15) is 13.2 Å². The summed E-state index contributed by atoms with van der Waals surface area (Å²) in [7, 11) is -3.57. The van der Waals surface area contributed by atoms with Crippen molar-refractivity contribution in [1.29, 1.82) is 0 Å².